The summed E-state index contributed by atoms with van der Waals surface area (Å²) in [5.74, 6) is 1.22. The lowest BCUT2D eigenvalue weighted by molar-refractivity contribution is -0.122. The number of carbonyl (C=O) groups excluding carboxylic acids is 1. The summed E-state index contributed by atoms with van der Waals surface area (Å²) >= 11 is 0. The number of carbonyl (C=O) groups is 1. The molecule has 106 valence electrons. The Labute approximate surface area is 111 Å². The smallest absolute Gasteiger partial charge is 0.220 e. The van der Waals surface area contributed by atoms with E-state index in [9.17, 15) is 4.79 Å². The van der Waals surface area contributed by atoms with Crippen LogP contribution in [0.3, 0.4) is 0 Å². The van der Waals surface area contributed by atoms with Gasteiger partial charge in [-0.25, -0.2) is 0 Å². The summed E-state index contributed by atoms with van der Waals surface area (Å²) in [7, 11) is 0. The normalized spacial score (nSPS) is 18.9. The minimum atomic E-state index is 0.107. The van der Waals surface area contributed by atoms with Crippen molar-refractivity contribution in [2.45, 2.75) is 52.0 Å². The summed E-state index contributed by atoms with van der Waals surface area (Å²) in [5.41, 5.74) is 0. The summed E-state index contributed by atoms with van der Waals surface area (Å²) in [5, 5.41) is 15.4. The lowest BCUT2D eigenvalue weighted by Gasteiger charge is -2.24. The Morgan fingerprint density at radius 2 is 2.06 bits per heavy atom. The minimum absolute atomic E-state index is 0.107. The van der Waals surface area contributed by atoms with Crippen molar-refractivity contribution in [1.82, 2.24) is 10.6 Å². The molecule has 3 N–H and O–H groups in total. The van der Waals surface area contributed by atoms with Crippen LogP contribution in [0.4, 0.5) is 0 Å². The minimum Gasteiger partial charge on any atom is -0.396 e. The number of aliphatic hydroxyl groups is 1. The first kappa shape index (κ1) is 15.4. The highest BCUT2D eigenvalue weighted by Crippen LogP contribution is 2.17. The molecular weight excluding hydrogens is 228 g/mol. The van der Waals surface area contributed by atoms with E-state index < -0.39 is 0 Å². The van der Waals surface area contributed by atoms with E-state index in [1.807, 2.05) is 0 Å². The van der Waals surface area contributed by atoms with E-state index in [-0.39, 0.29) is 18.6 Å². The molecule has 18 heavy (non-hydrogen) atoms. The fraction of sp³-hybridized carbons (Fsp3) is 0.929. The topological polar surface area (TPSA) is 61.4 Å². The molecule has 1 fully saturated rings. The van der Waals surface area contributed by atoms with Crippen molar-refractivity contribution in [3.63, 3.8) is 0 Å². The van der Waals surface area contributed by atoms with E-state index >= 15 is 0 Å². The molecule has 0 aromatic heterocycles. The van der Waals surface area contributed by atoms with Gasteiger partial charge in [0.15, 0.2) is 0 Å². The number of piperidine rings is 1. The van der Waals surface area contributed by atoms with Crippen LogP contribution in [0.1, 0.15) is 46.0 Å². The first-order valence-corrected chi connectivity index (χ1v) is 7.24. The largest absolute Gasteiger partial charge is 0.396 e. The van der Waals surface area contributed by atoms with Crippen LogP contribution in [0.5, 0.6) is 0 Å². The van der Waals surface area contributed by atoms with Crippen LogP contribution in [0.15, 0.2) is 0 Å². The quantitative estimate of drug-likeness (QED) is 0.643. The molecule has 1 aliphatic heterocycles. The zero-order valence-electron chi connectivity index (χ0n) is 11.7. The first-order chi connectivity index (χ1) is 8.63. The highest BCUT2D eigenvalue weighted by molar-refractivity contribution is 5.76. The SMILES string of the molecule is CC(C)C(CCO)NC(=O)CCC1CCNCC1. The van der Waals surface area contributed by atoms with Gasteiger partial charge in [0.1, 0.15) is 0 Å². The number of rotatable bonds is 7. The van der Waals surface area contributed by atoms with Gasteiger partial charge >= 0.3 is 0 Å². The van der Waals surface area contributed by atoms with E-state index in [0.29, 0.717) is 24.7 Å². The summed E-state index contributed by atoms with van der Waals surface area (Å²) in [4.78, 5) is 11.9. The van der Waals surface area contributed by atoms with Crippen molar-refractivity contribution >= 4 is 5.91 Å². The monoisotopic (exact) mass is 256 g/mol. The van der Waals surface area contributed by atoms with E-state index in [1.54, 1.807) is 0 Å². The molecule has 1 rings (SSSR count). The van der Waals surface area contributed by atoms with Crippen LogP contribution in [0.2, 0.25) is 0 Å². The lowest BCUT2D eigenvalue weighted by atomic mass is 9.93. The summed E-state index contributed by atoms with van der Waals surface area (Å²) in [6.07, 6.45) is 4.66. The molecule has 1 unspecified atom stereocenters. The zero-order valence-corrected chi connectivity index (χ0v) is 11.7. The molecule has 0 aliphatic carbocycles. The molecule has 0 saturated carbocycles. The Balaban J connectivity index is 2.22. The third-order valence-corrected chi connectivity index (χ3v) is 3.83. The molecule has 1 atom stereocenters. The maximum Gasteiger partial charge on any atom is 0.220 e. The Kier molecular flexibility index (Phi) is 7.28. The summed E-state index contributed by atoms with van der Waals surface area (Å²) in [6.45, 7) is 6.47. The Morgan fingerprint density at radius 3 is 2.61 bits per heavy atom. The molecule has 0 radical (unpaired) electrons. The fourth-order valence-electron chi connectivity index (χ4n) is 2.50. The van der Waals surface area contributed by atoms with E-state index in [4.69, 9.17) is 5.11 Å². The van der Waals surface area contributed by atoms with Gasteiger partial charge in [0.2, 0.25) is 5.91 Å². The van der Waals surface area contributed by atoms with Crippen LogP contribution >= 0.6 is 0 Å². The molecule has 1 heterocycles. The van der Waals surface area contributed by atoms with Crippen molar-refractivity contribution in [2.24, 2.45) is 11.8 Å². The average Bonchev–Trinajstić information content (AvgIpc) is 2.37. The van der Waals surface area contributed by atoms with Gasteiger partial charge in [-0.2, -0.15) is 0 Å². The molecule has 1 saturated heterocycles. The standard InChI is InChI=1S/C14H28N2O2/c1-11(2)13(7-10-17)16-14(18)4-3-12-5-8-15-9-6-12/h11-13,15,17H,3-10H2,1-2H3,(H,16,18). The van der Waals surface area contributed by atoms with Crippen molar-refractivity contribution in [3.8, 4) is 0 Å². The van der Waals surface area contributed by atoms with Crippen LogP contribution in [0, 0.1) is 11.8 Å². The Morgan fingerprint density at radius 1 is 1.39 bits per heavy atom. The van der Waals surface area contributed by atoms with Gasteiger partial charge in [0.25, 0.3) is 0 Å². The number of aliphatic hydroxyl groups excluding tert-OH is 1. The van der Waals surface area contributed by atoms with Crippen molar-refractivity contribution in [1.29, 1.82) is 0 Å². The lowest BCUT2D eigenvalue weighted by Crippen LogP contribution is -2.39. The predicted octanol–water partition coefficient (Wildman–Crippen LogP) is 1.29. The predicted molar refractivity (Wildman–Crippen MR) is 73.3 cm³/mol. The zero-order chi connectivity index (χ0) is 13.4. The molecule has 0 aromatic rings. The van der Waals surface area contributed by atoms with E-state index in [2.05, 4.69) is 24.5 Å². The molecule has 0 spiro atoms. The van der Waals surface area contributed by atoms with Crippen LogP contribution < -0.4 is 10.6 Å². The molecule has 1 aliphatic rings. The third kappa shape index (κ3) is 5.83. The maximum absolute atomic E-state index is 11.9. The highest BCUT2D eigenvalue weighted by atomic mass is 16.3. The van der Waals surface area contributed by atoms with Gasteiger partial charge in [-0.3, -0.25) is 4.79 Å². The third-order valence-electron chi connectivity index (χ3n) is 3.83. The highest BCUT2D eigenvalue weighted by Gasteiger charge is 2.18. The van der Waals surface area contributed by atoms with Gasteiger partial charge in [-0.1, -0.05) is 13.8 Å². The Bertz CT molecular complexity index is 238. The summed E-state index contributed by atoms with van der Waals surface area (Å²) in [6, 6.07) is 0.107. The maximum atomic E-state index is 11.9. The second-order valence-corrected chi connectivity index (χ2v) is 5.66. The molecule has 4 nitrogen and oxygen atoms in total. The molecule has 0 aromatic carbocycles. The van der Waals surface area contributed by atoms with Crippen molar-refractivity contribution in [3.05, 3.63) is 0 Å². The Hall–Kier alpha value is -0.610. The molecule has 1 amide bonds. The van der Waals surface area contributed by atoms with Gasteiger partial charge in [-0.15, -0.1) is 0 Å². The second-order valence-electron chi connectivity index (χ2n) is 5.66. The van der Waals surface area contributed by atoms with E-state index in [1.165, 1.54) is 12.8 Å². The number of hydrogen-bond donors (Lipinski definition) is 3. The van der Waals surface area contributed by atoms with Crippen LogP contribution in [-0.2, 0) is 4.79 Å². The summed E-state index contributed by atoms with van der Waals surface area (Å²) < 4.78 is 0. The van der Waals surface area contributed by atoms with Crippen molar-refractivity contribution in [2.75, 3.05) is 19.7 Å². The van der Waals surface area contributed by atoms with Gasteiger partial charge < -0.3 is 15.7 Å². The van der Waals surface area contributed by atoms with Gasteiger partial charge in [0.05, 0.1) is 0 Å². The first-order valence-electron chi connectivity index (χ1n) is 7.24. The number of amides is 1. The van der Waals surface area contributed by atoms with Gasteiger partial charge in [-0.05, 0) is 50.6 Å². The van der Waals surface area contributed by atoms with Crippen molar-refractivity contribution < 1.29 is 9.90 Å². The van der Waals surface area contributed by atoms with Crippen LogP contribution in [-0.4, -0.2) is 36.8 Å². The molecule has 4 heteroatoms. The molecule has 0 bridgehead atoms. The van der Waals surface area contributed by atoms with Gasteiger partial charge in [0, 0.05) is 19.1 Å². The second kappa shape index (κ2) is 8.48. The van der Waals surface area contributed by atoms with E-state index in [0.717, 1.165) is 19.5 Å². The van der Waals surface area contributed by atoms with Crippen LogP contribution in [0.25, 0.3) is 0 Å². The fourth-order valence-corrected chi connectivity index (χ4v) is 2.50. The molecular formula is C14H28N2O2. The number of hydrogen-bond acceptors (Lipinski definition) is 3. The average molecular weight is 256 g/mol. The number of nitrogens with one attached hydrogen (secondary N) is 2.